The Hall–Kier alpha value is -1.71. The molecule has 0 radical (unpaired) electrons. The van der Waals surface area contributed by atoms with Crippen molar-refractivity contribution in [2.24, 2.45) is 16.6 Å². The van der Waals surface area contributed by atoms with Crippen molar-refractivity contribution in [2.45, 2.75) is 19.5 Å². The maximum absolute atomic E-state index is 6.30. The van der Waals surface area contributed by atoms with Crippen LogP contribution in [0.4, 0.5) is 0 Å². The highest BCUT2D eigenvalue weighted by atomic mass is 15.2. The Kier molecular flexibility index (Phi) is 5.48. The third-order valence-corrected chi connectivity index (χ3v) is 4.06. The van der Waals surface area contributed by atoms with Crippen molar-refractivity contribution >= 4 is 5.71 Å². The minimum atomic E-state index is 0.157. The Bertz CT molecular complexity index is 531. The molecule has 0 spiro atoms. The summed E-state index contributed by atoms with van der Waals surface area (Å²) in [6.45, 7) is 9.03. The van der Waals surface area contributed by atoms with Crippen LogP contribution in [0.25, 0.3) is 0 Å². The second-order valence-electron chi connectivity index (χ2n) is 5.72. The fourth-order valence-electron chi connectivity index (χ4n) is 2.70. The normalized spacial score (nSPS) is 23.9. The number of rotatable bonds is 5. The lowest BCUT2D eigenvalue weighted by Gasteiger charge is -2.16. The maximum Gasteiger partial charge on any atom is 0.0313 e. The lowest BCUT2D eigenvalue weighted by molar-refractivity contribution is 0.321. The van der Waals surface area contributed by atoms with Gasteiger partial charge in [-0.25, -0.2) is 0 Å². The summed E-state index contributed by atoms with van der Waals surface area (Å²) in [5.41, 5.74) is 9.73. The number of nitrogens with two attached hydrogens (primary N) is 1. The van der Waals surface area contributed by atoms with Crippen molar-refractivity contribution in [1.29, 1.82) is 0 Å². The van der Waals surface area contributed by atoms with E-state index in [1.807, 2.05) is 19.1 Å². The van der Waals surface area contributed by atoms with Crippen LogP contribution in [0.3, 0.4) is 0 Å². The first-order chi connectivity index (χ1) is 10.1. The molecule has 0 bridgehead atoms. The van der Waals surface area contributed by atoms with Crippen LogP contribution < -0.4 is 5.73 Å². The van der Waals surface area contributed by atoms with E-state index >= 15 is 0 Å². The molecular formula is C18H25N3. The molecular weight excluding hydrogens is 258 g/mol. The summed E-state index contributed by atoms with van der Waals surface area (Å²) in [5.74, 6) is 0.328. The van der Waals surface area contributed by atoms with Gasteiger partial charge in [0, 0.05) is 44.4 Å². The van der Waals surface area contributed by atoms with Crippen LogP contribution >= 0.6 is 0 Å². The van der Waals surface area contributed by atoms with Gasteiger partial charge < -0.3 is 5.73 Å². The molecule has 1 saturated heterocycles. The van der Waals surface area contributed by atoms with Crippen molar-refractivity contribution in [3.8, 4) is 0 Å². The van der Waals surface area contributed by atoms with Gasteiger partial charge >= 0.3 is 0 Å². The Morgan fingerprint density at radius 3 is 2.71 bits per heavy atom. The van der Waals surface area contributed by atoms with Crippen molar-refractivity contribution in [1.82, 2.24) is 4.90 Å². The van der Waals surface area contributed by atoms with Gasteiger partial charge in [0.05, 0.1) is 0 Å². The topological polar surface area (TPSA) is 41.6 Å². The second-order valence-corrected chi connectivity index (χ2v) is 5.72. The van der Waals surface area contributed by atoms with Gasteiger partial charge in [0.1, 0.15) is 0 Å². The van der Waals surface area contributed by atoms with Crippen LogP contribution in [0.15, 0.2) is 59.6 Å². The van der Waals surface area contributed by atoms with Gasteiger partial charge in [0.2, 0.25) is 0 Å². The van der Waals surface area contributed by atoms with Crippen LogP contribution in [0, 0.1) is 5.92 Å². The average Bonchev–Trinajstić information content (AvgIpc) is 2.86. The largest absolute Gasteiger partial charge is 0.326 e. The van der Waals surface area contributed by atoms with Crippen LogP contribution in [-0.2, 0) is 6.54 Å². The molecule has 112 valence electrons. The predicted octanol–water partition coefficient (Wildman–Crippen LogP) is 2.65. The van der Waals surface area contributed by atoms with Crippen molar-refractivity contribution in [3.05, 3.63) is 60.2 Å². The Labute approximate surface area is 127 Å². The van der Waals surface area contributed by atoms with Crippen LogP contribution in [0.2, 0.25) is 0 Å². The van der Waals surface area contributed by atoms with Gasteiger partial charge in [-0.2, -0.15) is 0 Å². The summed E-state index contributed by atoms with van der Waals surface area (Å²) in [7, 11) is 1.80. The maximum atomic E-state index is 6.30. The SMILES string of the molecule is C=C(/C=C\C(C)=NC)[C@@H]1CN(Cc2ccccc2)C[C@H]1N. The lowest BCUT2D eigenvalue weighted by atomic mass is 9.95. The fraction of sp³-hybridized carbons (Fsp3) is 0.389. The molecule has 1 aliphatic rings. The molecule has 0 saturated carbocycles. The highest BCUT2D eigenvalue weighted by Crippen LogP contribution is 2.24. The highest BCUT2D eigenvalue weighted by molar-refractivity contribution is 5.93. The zero-order chi connectivity index (χ0) is 15.2. The van der Waals surface area contributed by atoms with Gasteiger partial charge in [-0.15, -0.1) is 0 Å². The molecule has 1 aromatic carbocycles. The fourth-order valence-corrected chi connectivity index (χ4v) is 2.70. The number of likely N-dealkylation sites (tertiary alicyclic amines) is 1. The van der Waals surface area contributed by atoms with Crippen molar-refractivity contribution < 1.29 is 0 Å². The van der Waals surface area contributed by atoms with Gasteiger partial charge in [-0.05, 0) is 24.1 Å². The van der Waals surface area contributed by atoms with E-state index < -0.39 is 0 Å². The molecule has 3 nitrogen and oxygen atoms in total. The van der Waals surface area contributed by atoms with Gasteiger partial charge in [-0.1, -0.05) is 43.0 Å². The van der Waals surface area contributed by atoms with E-state index in [0.717, 1.165) is 30.9 Å². The Morgan fingerprint density at radius 2 is 2.05 bits per heavy atom. The molecule has 0 amide bonds. The standard InChI is InChI=1S/C18H25N3/c1-14(9-10-15(2)20-3)17-12-21(13-18(17)19)11-16-7-5-4-6-8-16/h4-10,17-18H,1,11-13,19H2,2-3H3/b10-9-,20-15?/t17-,18+/m0/s1. The zero-order valence-electron chi connectivity index (χ0n) is 13.0. The van der Waals surface area contributed by atoms with E-state index in [2.05, 4.69) is 46.8 Å². The number of aliphatic imine (C=N–C) groups is 1. The van der Waals surface area contributed by atoms with Crippen molar-refractivity contribution in [3.63, 3.8) is 0 Å². The molecule has 2 atom stereocenters. The molecule has 1 fully saturated rings. The molecule has 21 heavy (non-hydrogen) atoms. The van der Waals surface area contributed by atoms with Gasteiger partial charge in [-0.3, -0.25) is 9.89 Å². The smallest absolute Gasteiger partial charge is 0.0313 e. The number of benzene rings is 1. The quantitative estimate of drug-likeness (QED) is 0.667. The molecule has 3 heteroatoms. The van der Waals surface area contributed by atoms with E-state index in [4.69, 9.17) is 5.73 Å². The summed E-state index contributed by atoms with van der Waals surface area (Å²) in [4.78, 5) is 6.53. The lowest BCUT2D eigenvalue weighted by Crippen LogP contribution is -2.30. The van der Waals surface area contributed by atoms with E-state index in [1.54, 1.807) is 7.05 Å². The number of nitrogens with zero attached hydrogens (tertiary/aromatic N) is 2. The molecule has 1 aliphatic heterocycles. The number of allylic oxidation sites excluding steroid dienone is 2. The predicted molar refractivity (Wildman–Crippen MR) is 90.5 cm³/mol. The Morgan fingerprint density at radius 1 is 1.33 bits per heavy atom. The summed E-state index contributed by atoms with van der Waals surface area (Å²) in [6.07, 6.45) is 4.06. The van der Waals surface area contributed by atoms with E-state index in [9.17, 15) is 0 Å². The summed E-state index contributed by atoms with van der Waals surface area (Å²) >= 11 is 0. The second kappa shape index (κ2) is 7.34. The van der Waals surface area contributed by atoms with Gasteiger partial charge in [0.25, 0.3) is 0 Å². The summed E-state index contributed by atoms with van der Waals surface area (Å²) in [5, 5.41) is 0. The first-order valence-electron chi connectivity index (χ1n) is 7.42. The minimum absolute atomic E-state index is 0.157. The summed E-state index contributed by atoms with van der Waals surface area (Å²) < 4.78 is 0. The molecule has 2 N–H and O–H groups in total. The molecule has 0 aromatic heterocycles. The number of hydrogen-bond acceptors (Lipinski definition) is 3. The Balaban J connectivity index is 1.95. The first kappa shape index (κ1) is 15.7. The monoisotopic (exact) mass is 283 g/mol. The summed E-state index contributed by atoms with van der Waals surface area (Å²) in [6, 6.07) is 10.7. The van der Waals surface area contributed by atoms with E-state index in [-0.39, 0.29) is 6.04 Å². The zero-order valence-corrected chi connectivity index (χ0v) is 13.0. The van der Waals surface area contributed by atoms with E-state index in [0.29, 0.717) is 5.92 Å². The molecule has 0 unspecified atom stereocenters. The first-order valence-corrected chi connectivity index (χ1v) is 7.42. The average molecular weight is 283 g/mol. The molecule has 2 rings (SSSR count). The number of hydrogen-bond donors (Lipinski definition) is 1. The third-order valence-electron chi connectivity index (χ3n) is 4.06. The molecule has 0 aliphatic carbocycles. The van der Waals surface area contributed by atoms with Gasteiger partial charge in [0.15, 0.2) is 0 Å². The van der Waals surface area contributed by atoms with Crippen LogP contribution in [0.1, 0.15) is 12.5 Å². The van der Waals surface area contributed by atoms with E-state index in [1.165, 1.54) is 5.56 Å². The third kappa shape index (κ3) is 4.38. The molecule has 1 heterocycles. The highest BCUT2D eigenvalue weighted by Gasteiger charge is 2.30. The molecule has 1 aromatic rings. The van der Waals surface area contributed by atoms with Crippen molar-refractivity contribution in [2.75, 3.05) is 20.1 Å². The minimum Gasteiger partial charge on any atom is -0.326 e. The van der Waals surface area contributed by atoms with Crippen LogP contribution in [0.5, 0.6) is 0 Å². The van der Waals surface area contributed by atoms with Crippen LogP contribution in [-0.4, -0.2) is 36.8 Å².